The van der Waals surface area contributed by atoms with Crippen molar-refractivity contribution in [1.29, 1.82) is 0 Å². The van der Waals surface area contributed by atoms with Gasteiger partial charge in [-0.1, -0.05) is 13.8 Å². The van der Waals surface area contributed by atoms with E-state index in [-0.39, 0.29) is 57.5 Å². The van der Waals surface area contributed by atoms with Crippen molar-refractivity contribution >= 4 is 59.2 Å². The number of carboxylic acid groups (broad SMARTS) is 2. The quantitative estimate of drug-likeness (QED) is 0.0175. The Morgan fingerprint density at radius 2 is 1.18 bits per heavy atom. The highest BCUT2D eigenvalue weighted by Gasteiger charge is 2.37. The van der Waals surface area contributed by atoms with E-state index in [1.807, 2.05) is 0 Å². The van der Waals surface area contributed by atoms with Gasteiger partial charge in [-0.15, -0.1) is 0 Å². The van der Waals surface area contributed by atoms with Crippen molar-refractivity contribution in [1.82, 2.24) is 37.2 Å². The van der Waals surface area contributed by atoms with Gasteiger partial charge in [0.1, 0.15) is 36.8 Å². The molecule has 0 fully saturated rings. The van der Waals surface area contributed by atoms with E-state index in [1.54, 1.807) is 0 Å². The van der Waals surface area contributed by atoms with Crippen LogP contribution in [0.3, 0.4) is 0 Å². The number of carbonyl (C=O) groups excluding carboxylic acids is 7. The minimum atomic E-state index is -2.03. The molecule has 354 valence electrons. The molecule has 18 N–H and O–H groups in total. The number of amides is 7. The Hall–Kier alpha value is -5.70. The van der Waals surface area contributed by atoms with Crippen LogP contribution in [0, 0.1) is 17.8 Å². The van der Waals surface area contributed by atoms with Crippen LogP contribution in [0.4, 0.5) is 0 Å². The van der Waals surface area contributed by atoms with Crippen molar-refractivity contribution in [2.45, 2.75) is 108 Å². The predicted molar refractivity (Wildman–Crippen MR) is 216 cm³/mol. The number of hydrogen-bond acceptors (Lipinski definition) is 15. The number of carboxylic acids is 2. The molecule has 7 amide bonds. The number of nitrogens with one attached hydrogen (secondary N) is 7. The van der Waals surface area contributed by atoms with E-state index in [0.29, 0.717) is 0 Å². The second-order valence-electron chi connectivity index (χ2n) is 14.5. The summed E-state index contributed by atoms with van der Waals surface area (Å²) in [6.07, 6.45) is -2.18. The maximum Gasteiger partial charge on any atom is 0.327 e. The molecule has 0 spiro atoms. The van der Waals surface area contributed by atoms with Crippen LogP contribution in [0.25, 0.3) is 0 Å². The van der Waals surface area contributed by atoms with Crippen molar-refractivity contribution in [2.75, 3.05) is 40.0 Å². The van der Waals surface area contributed by atoms with Gasteiger partial charge in [0.2, 0.25) is 41.4 Å². The fourth-order valence-electron chi connectivity index (χ4n) is 5.65. The molecule has 10 atom stereocenters. The third kappa shape index (κ3) is 21.2. The van der Waals surface area contributed by atoms with Crippen LogP contribution in [-0.2, 0) is 43.2 Å². The SMILES string of the molecule is CNC(=O)CC[C@@H](NC(=O)[C@@H](C)[C@H](CO)NC(=O)[C@H](CCCN=C(N)N)NC(=O)[C@@H](C)[C@@H](NC(=O)[C@H](CC(CO)CCC(O)CO)NC(=O)[C@@H](C)NC(=O)CO)C(=O)O)C(=O)O. The maximum atomic E-state index is 13.7. The lowest BCUT2D eigenvalue weighted by Crippen LogP contribution is -2.59. The van der Waals surface area contributed by atoms with E-state index in [9.17, 15) is 73.8 Å². The molecule has 0 saturated carbocycles. The molecule has 0 rings (SSSR count). The molecule has 0 bridgehead atoms. The average molecular weight is 893 g/mol. The van der Waals surface area contributed by atoms with Gasteiger partial charge in [-0.05, 0) is 51.4 Å². The second kappa shape index (κ2) is 29.5. The van der Waals surface area contributed by atoms with E-state index in [4.69, 9.17) is 16.6 Å². The van der Waals surface area contributed by atoms with Crippen LogP contribution in [0.15, 0.2) is 4.99 Å². The number of guanidine groups is 1. The highest BCUT2D eigenvalue weighted by atomic mass is 16.4. The number of aliphatic hydroxyl groups excluding tert-OH is 5. The van der Waals surface area contributed by atoms with E-state index in [1.165, 1.54) is 20.9 Å². The molecular formula is C36H64N10O16. The smallest absolute Gasteiger partial charge is 0.327 e. The predicted octanol–water partition coefficient (Wildman–Crippen LogP) is -6.95. The third-order valence-electron chi connectivity index (χ3n) is 9.64. The molecule has 2 unspecified atom stereocenters. The Labute approximate surface area is 357 Å². The van der Waals surface area contributed by atoms with Crippen LogP contribution < -0.4 is 48.7 Å². The summed E-state index contributed by atoms with van der Waals surface area (Å²) >= 11 is 0. The molecule has 0 aliphatic heterocycles. The first-order valence-electron chi connectivity index (χ1n) is 19.7. The monoisotopic (exact) mass is 892 g/mol. The highest BCUT2D eigenvalue weighted by Crippen LogP contribution is 2.17. The van der Waals surface area contributed by atoms with Gasteiger partial charge in [-0.3, -0.25) is 38.6 Å². The van der Waals surface area contributed by atoms with Crippen LogP contribution in [0.1, 0.15) is 65.7 Å². The summed E-state index contributed by atoms with van der Waals surface area (Å²) in [5, 5.41) is 83.8. The number of nitrogens with two attached hydrogens (primary N) is 2. The molecule has 0 aliphatic rings. The number of rotatable bonds is 31. The number of carbonyl (C=O) groups is 9. The van der Waals surface area contributed by atoms with Crippen LogP contribution in [0.2, 0.25) is 0 Å². The Kier molecular flexibility index (Phi) is 26.8. The van der Waals surface area contributed by atoms with Gasteiger partial charge in [0, 0.05) is 26.6 Å². The number of aliphatic hydroxyl groups is 5. The Morgan fingerprint density at radius 1 is 0.597 bits per heavy atom. The lowest BCUT2D eigenvalue weighted by Gasteiger charge is -2.29. The first-order valence-corrected chi connectivity index (χ1v) is 19.7. The normalized spacial score (nSPS) is 15.8. The topological polar surface area (TPSA) is 444 Å². The molecule has 0 heterocycles. The van der Waals surface area contributed by atoms with Crippen molar-refractivity contribution in [3.8, 4) is 0 Å². The molecule has 26 heteroatoms. The van der Waals surface area contributed by atoms with E-state index < -0.39 is 140 Å². The number of nitrogens with zero attached hydrogens (tertiary/aromatic N) is 1. The Balaban J connectivity index is 6.41. The zero-order chi connectivity index (χ0) is 47.7. The number of aliphatic imine (C=N–C) groups is 1. The van der Waals surface area contributed by atoms with Gasteiger partial charge in [-0.2, -0.15) is 0 Å². The van der Waals surface area contributed by atoms with Gasteiger partial charge >= 0.3 is 11.9 Å². The van der Waals surface area contributed by atoms with Crippen molar-refractivity contribution < 1.29 is 78.9 Å². The Bertz CT molecular complexity index is 1550. The number of aliphatic carboxylic acids is 2. The fraction of sp³-hybridized carbons (Fsp3) is 0.722. The average Bonchev–Trinajstić information content (AvgIpc) is 3.23. The third-order valence-corrected chi connectivity index (χ3v) is 9.64. The lowest BCUT2D eigenvalue weighted by atomic mass is 9.93. The van der Waals surface area contributed by atoms with Gasteiger partial charge in [-0.25, -0.2) is 9.59 Å². The fourth-order valence-corrected chi connectivity index (χ4v) is 5.65. The van der Waals surface area contributed by atoms with E-state index in [2.05, 4.69) is 42.2 Å². The number of hydrogen-bond donors (Lipinski definition) is 16. The van der Waals surface area contributed by atoms with Gasteiger partial charge in [0.15, 0.2) is 5.96 Å². The van der Waals surface area contributed by atoms with Crippen molar-refractivity contribution in [3.05, 3.63) is 0 Å². The van der Waals surface area contributed by atoms with Gasteiger partial charge < -0.3 is 84.4 Å². The zero-order valence-corrected chi connectivity index (χ0v) is 35.2. The molecule has 0 aromatic rings. The molecule has 0 aliphatic carbocycles. The first kappa shape index (κ1) is 56.3. The summed E-state index contributed by atoms with van der Waals surface area (Å²) < 4.78 is 0. The minimum absolute atomic E-state index is 0.0284. The summed E-state index contributed by atoms with van der Waals surface area (Å²) in [5.41, 5.74) is 10.7. The molecule has 0 saturated heterocycles. The molecule has 0 radical (unpaired) electrons. The van der Waals surface area contributed by atoms with Crippen LogP contribution >= 0.6 is 0 Å². The largest absolute Gasteiger partial charge is 0.480 e. The maximum absolute atomic E-state index is 13.7. The minimum Gasteiger partial charge on any atom is -0.480 e. The lowest BCUT2D eigenvalue weighted by molar-refractivity contribution is -0.147. The first-order chi connectivity index (χ1) is 29.1. The molecule has 26 nitrogen and oxygen atoms in total. The summed E-state index contributed by atoms with van der Waals surface area (Å²) in [5.74, 6) is -13.7. The molecular weight excluding hydrogens is 828 g/mol. The molecule has 0 aromatic heterocycles. The standard InChI is InChI=1S/C36H64N10O16/c1-17(29(54)43-23(34(59)60)9-10-26(52)39-4)25(15-49)45-32(57)22(6-5-11-40-36(37)38)42-30(55)18(2)28(35(61)62)46-33(58)24(12-20(13-47)7-8-21(51)14-48)44-31(56)19(3)41-27(53)16-50/h17-25,28,47-51H,5-16H2,1-4H3,(H,39,52)(H,41,53)(H,42,55)(H,43,54)(H,44,56)(H,45,57)(H,46,58)(H,59,60)(H,61,62)(H4,37,38,40)/t17-,18-,19+,20?,21?,22-,23+,24-,25-,28+/m0/s1. The van der Waals surface area contributed by atoms with E-state index in [0.717, 1.165) is 6.92 Å². The van der Waals surface area contributed by atoms with Crippen LogP contribution in [-0.4, -0.2) is 177 Å². The van der Waals surface area contributed by atoms with Gasteiger partial charge in [0.05, 0.1) is 37.2 Å². The highest BCUT2D eigenvalue weighted by molar-refractivity contribution is 5.96. The van der Waals surface area contributed by atoms with Crippen molar-refractivity contribution in [3.63, 3.8) is 0 Å². The summed E-state index contributed by atoms with van der Waals surface area (Å²) in [4.78, 5) is 118. The molecule has 0 aromatic carbocycles. The van der Waals surface area contributed by atoms with Gasteiger partial charge in [0.25, 0.3) is 0 Å². The summed E-state index contributed by atoms with van der Waals surface area (Å²) in [6.45, 7) is 0.561. The summed E-state index contributed by atoms with van der Waals surface area (Å²) in [6, 6.07) is -9.31. The zero-order valence-electron chi connectivity index (χ0n) is 35.2. The van der Waals surface area contributed by atoms with Crippen molar-refractivity contribution in [2.24, 2.45) is 34.2 Å². The van der Waals surface area contributed by atoms with E-state index >= 15 is 0 Å². The molecule has 62 heavy (non-hydrogen) atoms. The second-order valence-corrected chi connectivity index (χ2v) is 14.5. The summed E-state index contributed by atoms with van der Waals surface area (Å²) in [7, 11) is 1.34. The van der Waals surface area contributed by atoms with Crippen LogP contribution in [0.5, 0.6) is 0 Å². The Morgan fingerprint density at radius 3 is 1.69 bits per heavy atom.